The number of aryl methyl sites for hydroxylation is 1. The van der Waals surface area contributed by atoms with Gasteiger partial charge in [-0.2, -0.15) is 0 Å². The largest absolute Gasteiger partial charge is 0.488 e. The number of fused-ring (bicyclic) bond motifs is 1. The number of benzene rings is 2. The molecule has 0 radical (unpaired) electrons. The van der Waals surface area contributed by atoms with Crippen LogP contribution in [-0.2, 0) is 13.0 Å². The first-order chi connectivity index (χ1) is 16.4. The van der Waals surface area contributed by atoms with Gasteiger partial charge in [0.15, 0.2) is 11.5 Å². The van der Waals surface area contributed by atoms with E-state index in [2.05, 4.69) is 18.3 Å². The molecule has 1 fully saturated rings. The Hall–Kier alpha value is -2.74. The van der Waals surface area contributed by atoms with E-state index in [0.29, 0.717) is 48.2 Å². The summed E-state index contributed by atoms with van der Waals surface area (Å²) >= 11 is 6.10. The zero-order chi connectivity index (χ0) is 24.1. The molecule has 1 aliphatic carbocycles. The van der Waals surface area contributed by atoms with Crippen LogP contribution >= 0.6 is 11.6 Å². The summed E-state index contributed by atoms with van der Waals surface area (Å²) in [4.78, 5) is 12.2. The van der Waals surface area contributed by atoms with Crippen molar-refractivity contribution in [1.82, 2.24) is 9.88 Å². The quantitative estimate of drug-likeness (QED) is 0.319. The summed E-state index contributed by atoms with van der Waals surface area (Å²) in [5, 5.41) is 14.2. The Morgan fingerprint density at radius 3 is 2.82 bits per heavy atom. The summed E-state index contributed by atoms with van der Waals surface area (Å²) < 4.78 is 13.8. The highest BCUT2D eigenvalue weighted by atomic mass is 35.5. The van der Waals surface area contributed by atoms with Crippen LogP contribution < -0.4 is 20.5 Å². The third kappa shape index (κ3) is 6.23. The van der Waals surface area contributed by atoms with E-state index in [-0.39, 0.29) is 18.8 Å². The van der Waals surface area contributed by atoms with Gasteiger partial charge in [0.05, 0.1) is 17.2 Å². The highest BCUT2D eigenvalue weighted by Crippen LogP contribution is 2.35. The molecule has 1 amide bonds. The third-order valence-corrected chi connectivity index (χ3v) is 6.10. The first-order valence-electron chi connectivity index (χ1n) is 11.8. The van der Waals surface area contributed by atoms with Crippen LogP contribution in [-0.4, -0.2) is 47.5 Å². The van der Waals surface area contributed by atoms with E-state index in [9.17, 15) is 4.79 Å². The van der Waals surface area contributed by atoms with Gasteiger partial charge in [-0.1, -0.05) is 11.6 Å². The number of aliphatic hydroxyl groups is 1. The molecular formula is C26H32ClN3O4. The zero-order valence-electron chi connectivity index (χ0n) is 19.4. The molecule has 1 heterocycles. The molecule has 2 aromatic carbocycles. The van der Waals surface area contributed by atoms with Gasteiger partial charge in [0, 0.05) is 48.4 Å². The Kier molecular flexibility index (Phi) is 7.98. The maximum absolute atomic E-state index is 12.2. The fourth-order valence-corrected chi connectivity index (χ4v) is 4.26. The van der Waals surface area contributed by atoms with Crippen LogP contribution in [0.3, 0.4) is 0 Å². The molecule has 182 valence electrons. The number of carbonyl (C=O) groups excluding carboxylic acids is 1. The van der Waals surface area contributed by atoms with Gasteiger partial charge in [-0.25, -0.2) is 0 Å². The Morgan fingerprint density at radius 1 is 1.26 bits per heavy atom. The van der Waals surface area contributed by atoms with Gasteiger partial charge in [-0.15, -0.1) is 0 Å². The Labute approximate surface area is 204 Å². The Balaban J connectivity index is 1.34. The van der Waals surface area contributed by atoms with Gasteiger partial charge in [0.1, 0.15) is 6.61 Å². The lowest BCUT2D eigenvalue weighted by atomic mass is 10.0. The molecule has 34 heavy (non-hydrogen) atoms. The van der Waals surface area contributed by atoms with Crippen LogP contribution in [0.25, 0.3) is 10.9 Å². The van der Waals surface area contributed by atoms with Crippen LogP contribution in [0.15, 0.2) is 42.6 Å². The molecule has 0 spiro atoms. The van der Waals surface area contributed by atoms with Gasteiger partial charge in [-0.05, 0) is 68.5 Å². The van der Waals surface area contributed by atoms with E-state index < -0.39 is 5.91 Å². The van der Waals surface area contributed by atoms with Crippen molar-refractivity contribution in [3.8, 4) is 11.5 Å². The average Bonchev–Trinajstić information content (AvgIpc) is 3.53. The number of carbonyl (C=O) groups is 1. The van der Waals surface area contributed by atoms with Crippen LogP contribution in [0.1, 0.15) is 42.1 Å². The maximum Gasteiger partial charge on any atom is 0.250 e. The number of halogens is 1. The molecule has 0 saturated heterocycles. The number of hydrogen-bond donors (Lipinski definition) is 3. The second kappa shape index (κ2) is 11.1. The second-order valence-corrected chi connectivity index (χ2v) is 9.28. The number of rotatable bonds is 13. The normalized spacial score (nSPS) is 14.3. The zero-order valence-corrected chi connectivity index (χ0v) is 20.2. The number of primary amides is 1. The number of amides is 1. The Bertz CT molecular complexity index is 1140. The van der Waals surface area contributed by atoms with Crippen LogP contribution in [0.5, 0.6) is 11.5 Å². The Morgan fingerprint density at radius 2 is 2.09 bits per heavy atom. The minimum absolute atomic E-state index is 0.101. The minimum Gasteiger partial charge on any atom is -0.488 e. The van der Waals surface area contributed by atoms with E-state index >= 15 is 0 Å². The smallest absolute Gasteiger partial charge is 0.250 e. The molecule has 4 N–H and O–H groups in total. The second-order valence-electron chi connectivity index (χ2n) is 8.85. The molecule has 3 aromatic rings. The molecule has 1 atom stereocenters. The monoisotopic (exact) mass is 485 g/mol. The number of aromatic nitrogens is 1. The number of aliphatic hydroxyl groups excluding tert-OH is 1. The number of hydrogen-bond acceptors (Lipinski definition) is 5. The number of nitrogens with two attached hydrogens (primary N) is 1. The SMILES string of the molecule is CC(Cc1cc(C(N)=O)c2c(ccn2CCCO)c1)NCCOc1ccc(Cl)cc1OC1CC1. The van der Waals surface area contributed by atoms with Crippen molar-refractivity contribution in [2.45, 2.75) is 51.3 Å². The summed E-state index contributed by atoms with van der Waals surface area (Å²) in [5.74, 6) is 0.950. The number of nitrogens with zero attached hydrogens (tertiary/aromatic N) is 1. The number of ether oxygens (including phenoxy) is 2. The molecular weight excluding hydrogens is 454 g/mol. The van der Waals surface area contributed by atoms with Gasteiger partial charge in [-0.3, -0.25) is 4.79 Å². The molecule has 0 bridgehead atoms. The van der Waals surface area contributed by atoms with Gasteiger partial charge >= 0.3 is 0 Å². The van der Waals surface area contributed by atoms with Gasteiger partial charge in [0.25, 0.3) is 5.91 Å². The highest BCUT2D eigenvalue weighted by molar-refractivity contribution is 6.30. The minimum atomic E-state index is -0.447. The summed E-state index contributed by atoms with van der Waals surface area (Å²) in [7, 11) is 0. The van der Waals surface area contributed by atoms with Crippen molar-refractivity contribution in [3.05, 3.63) is 58.7 Å². The topological polar surface area (TPSA) is 98.7 Å². The van der Waals surface area contributed by atoms with Gasteiger partial charge < -0.3 is 30.2 Å². The molecule has 1 aromatic heterocycles. The maximum atomic E-state index is 12.2. The highest BCUT2D eigenvalue weighted by Gasteiger charge is 2.25. The van der Waals surface area contributed by atoms with E-state index in [1.54, 1.807) is 12.1 Å². The first-order valence-corrected chi connectivity index (χ1v) is 12.2. The van der Waals surface area contributed by atoms with Crippen molar-refractivity contribution in [2.75, 3.05) is 19.8 Å². The van der Waals surface area contributed by atoms with Crippen LogP contribution in [0.2, 0.25) is 5.02 Å². The summed E-state index contributed by atoms with van der Waals surface area (Å²) in [5.41, 5.74) is 8.07. The van der Waals surface area contributed by atoms with Crippen molar-refractivity contribution < 1.29 is 19.4 Å². The molecule has 8 heteroatoms. The fraction of sp³-hybridized carbons (Fsp3) is 0.423. The lowest BCUT2D eigenvalue weighted by molar-refractivity contribution is 0.100. The predicted octanol–water partition coefficient (Wildman–Crippen LogP) is 3.92. The van der Waals surface area contributed by atoms with Crippen molar-refractivity contribution in [2.24, 2.45) is 5.73 Å². The van der Waals surface area contributed by atoms with E-state index in [0.717, 1.165) is 35.7 Å². The average molecular weight is 486 g/mol. The third-order valence-electron chi connectivity index (χ3n) is 5.86. The van der Waals surface area contributed by atoms with Crippen molar-refractivity contribution in [3.63, 3.8) is 0 Å². The van der Waals surface area contributed by atoms with Gasteiger partial charge in [0.2, 0.25) is 0 Å². The van der Waals surface area contributed by atoms with Crippen molar-refractivity contribution >= 4 is 28.4 Å². The predicted molar refractivity (Wildman–Crippen MR) is 134 cm³/mol. The fourth-order valence-electron chi connectivity index (χ4n) is 4.10. The summed E-state index contributed by atoms with van der Waals surface area (Å²) in [6.45, 7) is 3.99. The lowest BCUT2D eigenvalue weighted by Gasteiger charge is -2.17. The number of nitrogens with one attached hydrogen (secondary N) is 1. The van der Waals surface area contributed by atoms with E-state index in [1.165, 1.54) is 0 Å². The molecule has 1 unspecified atom stereocenters. The molecule has 7 nitrogen and oxygen atoms in total. The van der Waals surface area contributed by atoms with Crippen LogP contribution in [0, 0.1) is 0 Å². The first kappa shape index (κ1) is 24.4. The standard InChI is InChI=1S/C26H32ClN3O4/c1-17(29-8-12-33-23-6-3-20(27)16-24(23)34-21-4-5-21)13-18-14-19-7-10-30(9-2-11-31)25(19)22(15-18)26(28)32/h3,6-7,10,14-17,21,29,31H,2,4-5,8-9,11-13H2,1H3,(H2,28,32). The molecule has 4 rings (SSSR count). The molecule has 1 aliphatic rings. The summed E-state index contributed by atoms with van der Waals surface area (Å²) in [6, 6.07) is 11.6. The van der Waals surface area contributed by atoms with E-state index in [4.69, 9.17) is 31.9 Å². The van der Waals surface area contributed by atoms with Crippen LogP contribution in [0.4, 0.5) is 0 Å². The van der Waals surface area contributed by atoms with E-state index in [1.807, 2.05) is 29.0 Å². The lowest BCUT2D eigenvalue weighted by Crippen LogP contribution is -2.32. The summed E-state index contributed by atoms with van der Waals surface area (Å²) in [6.07, 6.45) is 5.72. The molecule has 0 aliphatic heterocycles. The van der Waals surface area contributed by atoms with Crippen molar-refractivity contribution in [1.29, 1.82) is 0 Å². The molecule has 1 saturated carbocycles.